The summed E-state index contributed by atoms with van der Waals surface area (Å²) in [7, 11) is 0. The van der Waals surface area contributed by atoms with Crippen molar-refractivity contribution in [3.05, 3.63) is 0 Å². The molecule has 0 aromatic carbocycles. The number of unbranched alkanes of at least 4 members (excludes halogenated alkanes) is 3. The van der Waals surface area contributed by atoms with Gasteiger partial charge in [-0.15, -0.1) is 0 Å². The molecule has 0 radical (unpaired) electrons. The van der Waals surface area contributed by atoms with Crippen LogP contribution in [0.15, 0.2) is 0 Å². The first-order valence-corrected chi connectivity index (χ1v) is 12.0. The van der Waals surface area contributed by atoms with Gasteiger partial charge in [-0.3, -0.25) is 4.79 Å². The number of rotatable bonds is 13. The lowest BCUT2D eigenvalue weighted by atomic mass is 9.91. The Morgan fingerprint density at radius 3 is 2.00 bits per heavy atom. The molecule has 0 aliphatic heterocycles. The number of alkyl halides is 1. The Morgan fingerprint density at radius 1 is 0.852 bits per heavy atom. The number of thioether (sulfide) groups is 1. The molecule has 5 nitrogen and oxygen atoms in total. The van der Waals surface area contributed by atoms with Crippen LogP contribution in [0.4, 0.5) is 4.79 Å². The number of amides is 2. The van der Waals surface area contributed by atoms with Gasteiger partial charge in [-0.25, -0.2) is 4.79 Å². The molecular formula is C20H40IN3O2S. The molecule has 0 bridgehead atoms. The van der Waals surface area contributed by atoms with Crippen molar-refractivity contribution >= 4 is 46.2 Å². The van der Waals surface area contributed by atoms with E-state index in [0.717, 1.165) is 13.1 Å². The van der Waals surface area contributed by atoms with Crippen molar-refractivity contribution in [3.8, 4) is 0 Å². The van der Waals surface area contributed by atoms with Crippen LogP contribution in [0.3, 0.4) is 0 Å². The van der Waals surface area contributed by atoms with E-state index < -0.39 is 8.96 Å². The van der Waals surface area contributed by atoms with Crippen molar-refractivity contribution in [1.82, 2.24) is 16.0 Å². The van der Waals surface area contributed by atoms with Crippen LogP contribution < -0.4 is 16.0 Å². The standard InChI is InChI=1S/C20H40IN3O2S/c1-18(2,3)27-15-11-9-8-10-12-22-13-14-23-17(26)24-20(6,7)16(25)19(4,5)21/h22H,8-15H2,1-7H3,(H2,23,24,26). The number of ketones is 1. The van der Waals surface area contributed by atoms with E-state index in [2.05, 4.69) is 59.3 Å². The van der Waals surface area contributed by atoms with E-state index in [4.69, 9.17) is 0 Å². The number of hydrogen-bond acceptors (Lipinski definition) is 4. The molecule has 0 fully saturated rings. The summed E-state index contributed by atoms with van der Waals surface area (Å²) >= 11 is 4.14. The molecule has 0 atom stereocenters. The molecule has 0 unspecified atom stereocenters. The summed E-state index contributed by atoms with van der Waals surface area (Å²) < 4.78 is -0.142. The Labute approximate surface area is 184 Å². The smallest absolute Gasteiger partial charge is 0.315 e. The SMILES string of the molecule is CC(C)(C)SCCCCCCNCCNC(=O)NC(C)(C)C(=O)C(C)(C)I. The van der Waals surface area contributed by atoms with Gasteiger partial charge in [0.2, 0.25) is 0 Å². The molecule has 0 rings (SSSR count). The minimum absolute atomic E-state index is 0.00442. The summed E-state index contributed by atoms with van der Waals surface area (Å²) in [6.07, 6.45) is 4.97. The fourth-order valence-corrected chi connectivity index (χ4v) is 4.24. The maximum atomic E-state index is 12.3. The van der Waals surface area contributed by atoms with Gasteiger partial charge in [-0.2, -0.15) is 11.8 Å². The third-order valence-corrected chi connectivity index (χ3v) is 5.75. The molecule has 0 aromatic heterocycles. The van der Waals surface area contributed by atoms with Gasteiger partial charge in [0.1, 0.15) is 0 Å². The van der Waals surface area contributed by atoms with E-state index in [9.17, 15) is 9.59 Å². The number of urea groups is 1. The van der Waals surface area contributed by atoms with Crippen LogP contribution in [0.2, 0.25) is 0 Å². The first kappa shape index (κ1) is 27.0. The van der Waals surface area contributed by atoms with Crippen LogP contribution in [-0.4, -0.2) is 50.9 Å². The average molecular weight is 514 g/mol. The number of hydrogen-bond donors (Lipinski definition) is 3. The van der Waals surface area contributed by atoms with Gasteiger partial charge in [-0.05, 0) is 52.8 Å². The van der Waals surface area contributed by atoms with Crippen LogP contribution in [0.5, 0.6) is 0 Å². The van der Waals surface area contributed by atoms with Crippen molar-refractivity contribution in [1.29, 1.82) is 0 Å². The highest BCUT2D eigenvalue weighted by Gasteiger charge is 2.38. The van der Waals surface area contributed by atoms with Crippen molar-refractivity contribution in [2.45, 2.75) is 87.9 Å². The highest BCUT2D eigenvalue weighted by atomic mass is 127. The zero-order chi connectivity index (χ0) is 21.1. The van der Waals surface area contributed by atoms with E-state index in [1.165, 1.54) is 31.4 Å². The summed E-state index contributed by atoms with van der Waals surface area (Å²) in [5.74, 6) is 1.24. The quantitative estimate of drug-likeness (QED) is 0.192. The second-order valence-corrected chi connectivity index (χ2v) is 13.6. The van der Waals surface area contributed by atoms with Gasteiger partial charge in [0.05, 0.1) is 8.96 Å². The molecule has 7 heteroatoms. The molecule has 0 aliphatic rings. The summed E-state index contributed by atoms with van der Waals surface area (Å²) in [6.45, 7) is 16.2. The van der Waals surface area contributed by atoms with Crippen molar-refractivity contribution in [2.24, 2.45) is 0 Å². The predicted octanol–water partition coefficient (Wildman–Crippen LogP) is 4.53. The van der Waals surface area contributed by atoms with Gasteiger partial charge in [0, 0.05) is 17.8 Å². The van der Waals surface area contributed by atoms with Crippen molar-refractivity contribution < 1.29 is 9.59 Å². The summed E-state index contributed by atoms with van der Waals surface area (Å²) in [5.41, 5.74) is -0.881. The van der Waals surface area contributed by atoms with Crippen LogP contribution in [0.25, 0.3) is 0 Å². The van der Waals surface area contributed by atoms with Crippen molar-refractivity contribution in [3.63, 3.8) is 0 Å². The van der Waals surface area contributed by atoms with Gasteiger partial charge < -0.3 is 16.0 Å². The Morgan fingerprint density at radius 2 is 1.44 bits per heavy atom. The lowest BCUT2D eigenvalue weighted by molar-refractivity contribution is -0.125. The maximum absolute atomic E-state index is 12.3. The van der Waals surface area contributed by atoms with Gasteiger partial charge in [-0.1, -0.05) is 56.2 Å². The Bertz CT molecular complexity index is 457. The molecule has 160 valence electrons. The normalized spacial score (nSPS) is 12.7. The zero-order valence-electron chi connectivity index (χ0n) is 18.3. The molecule has 2 amide bonds. The molecule has 3 N–H and O–H groups in total. The maximum Gasteiger partial charge on any atom is 0.315 e. The molecule has 27 heavy (non-hydrogen) atoms. The topological polar surface area (TPSA) is 70.2 Å². The van der Waals surface area contributed by atoms with Crippen LogP contribution in [-0.2, 0) is 4.79 Å². The predicted molar refractivity (Wildman–Crippen MR) is 127 cm³/mol. The second kappa shape index (κ2) is 12.5. The molecule has 0 heterocycles. The zero-order valence-corrected chi connectivity index (χ0v) is 21.2. The van der Waals surface area contributed by atoms with Gasteiger partial charge in [0.15, 0.2) is 5.78 Å². The summed E-state index contributed by atoms with van der Waals surface area (Å²) in [5, 5.41) is 8.93. The highest BCUT2D eigenvalue weighted by Crippen LogP contribution is 2.25. The minimum Gasteiger partial charge on any atom is -0.337 e. The fraction of sp³-hybridized carbons (Fsp3) is 0.900. The van der Waals surface area contributed by atoms with Crippen LogP contribution >= 0.6 is 34.4 Å². The molecule has 0 aromatic rings. The summed E-state index contributed by atoms with van der Waals surface area (Å²) in [6, 6.07) is -0.299. The van der Waals surface area contributed by atoms with Gasteiger partial charge in [0.25, 0.3) is 0 Å². The fourth-order valence-electron chi connectivity index (χ4n) is 2.60. The third kappa shape index (κ3) is 14.6. The largest absolute Gasteiger partial charge is 0.337 e. The van der Waals surface area contributed by atoms with Crippen molar-refractivity contribution in [2.75, 3.05) is 25.4 Å². The van der Waals surface area contributed by atoms with Gasteiger partial charge >= 0.3 is 6.03 Å². The highest BCUT2D eigenvalue weighted by molar-refractivity contribution is 14.1. The Balaban J connectivity index is 3.68. The molecule has 0 saturated heterocycles. The molecule has 0 aliphatic carbocycles. The summed E-state index contributed by atoms with van der Waals surface area (Å²) in [4.78, 5) is 24.3. The first-order valence-electron chi connectivity index (χ1n) is 9.90. The number of Topliss-reactive ketones (excluding diaryl/α,β-unsaturated/α-hetero) is 1. The minimum atomic E-state index is -0.881. The third-order valence-electron chi connectivity index (χ3n) is 3.90. The van der Waals surface area contributed by atoms with E-state index in [1.807, 2.05) is 25.6 Å². The molecule has 0 saturated carbocycles. The van der Waals surface area contributed by atoms with E-state index >= 15 is 0 Å². The van der Waals surface area contributed by atoms with Crippen LogP contribution in [0, 0.1) is 0 Å². The Kier molecular flexibility index (Phi) is 12.5. The van der Waals surface area contributed by atoms with E-state index in [-0.39, 0.29) is 11.8 Å². The number of carbonyl (C=O) groups excluding carboxylic acids is 2. The van der Waals surface area contributed by atoms with E-state index in [0.29, 0.717) is 11.3 Å². The average Bonchev–Trinajstić information content (AvgIpc) is 2.49. The number of nitrogens with one attached hydrogen (secondary N) is 3. The Hall–Kier alpha value is -0.0200. The first-order chi connectivity index (χ1) is 12.3. The van der Waals surface area contributed by atoms with E-state index in [1.54, 1.807) is 13.8 Å². The lowest BCUT2D eigenvalue weighted by Crippen LogP contribution is -2.57. The lowest BCUT2D eigenvalue weighted by Gasteiger charge is -2.30. The van der Waals surface area contributed by atoms with Crippen LogP contribution in [0.1, 0.15) is 74.1 Å². The number of halogens is 1. The monoisotopic (exact) mass is 513 g/mol. The molecule has 0 spiro atoms. The molecular weight excluding hydrogens is 473 g/mol. The second-order valence-electron chi connectivity index (χ2n) is 8.93. The number of carbonyl (C=O) groups is 2.